The van der Waals surface area contributed by atoms with Crippen molar-refractivity contribution in [2.24, 2.45) is 51.8 Å². The highest BCUT2D eigenvalue weighted by atomic mass is 16.4. The van der Waals surface area contributed by atoms with Crippen LogP contribution in [0.15, 0.2) is 42.0 Å². The second-order valence-corrected chi connectivity index (χ2v) is 12.8. The fourth-order valence-corrected chi connectivity index (χ4v) is 9.78. The van der Waals surface area contributed by atoms with Crippen molar-refractivity contribution in [2.45, 2.75) is 66.2 Å². The first-order valence-corrected chi connectivity index (χ1v) is 13.4. The molecule has 1 aromatic carbocycles. The van der Waals surface area contributed by atoms with Crippen LogP contribution in [0.1, 0.15) is 66.2 Å². The van der Waals surface area contributed by atoms with Crippen LogP contribution in [0.2, 0.25) is 0 Å². The highest BCUT2D eigenvalue weighted by molar-refractivity contribution is 6.22. The first-order chi connectivity index (χ1) is 16.6. The molecule has 35 heavy (non-hydrogen) atoms. The SMILES string of the molecule is CC(C)C1=C[C@@]23CC[C@H]4[C@](C)(CCC[C@@]4(C)C(=O)[O-])[C@@H]2C[C@@H]1[C@H]1C(=O)N(c2ccccc2)C(=O)[C@@H]13. The van der Waals surface area contributed by atoms with Crippen LogP contribution < -0.4 is 10.0 Å². The van der Waals surface area contributed by atoms with Gasteiger partial charge in [0.25, 0.3) is 0 Å². The molecule has 3 saturated carbocycles. The van der Waals surface area contributed by atoms with Gasteiger partial charge in [-0.25, -0.2) is 0 Å². The first kappa shape index (κ1) is 23.0. The zero-order valence-electron chi connectivity index (χ0n) is 21.3. The van der Waals surface area contributed by atoms with Crippen LogP contribution in [0.5, 0.6) is 0 Å². The summed E-state index contributed by atoms with van der Waals surface area (Å²) in [7, 11) is 0. The number of carbonyl (C=O) groups excluding carboxylic acids is 3. The van der Waals surface area contributed by atoms with E-state index < -0.39 is 11.4 Å². The van der Waals surface area contributed by atoms with Gasteiger partial charge in [-0.15, -0.1) is 0 Å². The molecule has 0 radical (unpaired) electrons. The highest BCUT2D eigenvalue weighted by Crippen LogP contribution is 2.74. The lowest BCUT2D eigenvalue weighted by atomic mass is 9.34. The summed E-state index contributed by atoms with van der Waals surface area (Å²) >= 11 is 0. The van der Waals surface area contributed by atoms with E-state index in [1.165, 1.54) is 10.5 Å². The van der Waals surface area contributed by atoms with Crippen molar-refractivity contribution in [1.29, 1.82) is 0 Å². The van der Waals surface area contributed by atoms with Crippen LogP contribution in [-0.2, 0) is 14.4 Å². The number of carbonyl (C=O) groups is 3. The summed E-state index contributed by atoms with van der Waals surface area (Å²) in [6, 6.07) is 9.36. The van der Waals surface area contributed by atoms with E-state index in [4.69, 9.17) is 0 Å². The van der Waals surface area contributed by atoms with E-state index in [1.54, 1.807) is 0 Å². The smallest absolute Gasteiger partial charge is 0.238 e. The number of hydrogen-bond donors (Lipinski definition) is 0. The largest absolute Gasteiger partial charge is 0.550 e. The molecule has 0 aromatic heterocycles. The molecule has 5 aliphatic carbocycles. The summed E-state index contributed by atoms with van der Waals surface area (Å²) in [6.07, 6.45) is 7.34. The maximum atomic E-state index is 14.1. The van der Waals surface area contributed by atoms with Crippen LogP contribution in [0, 0.1) is 51.8 Å². The molecule has 2 bridgehead atoms. The van der Waals surface area contributed by atoms with Crippen LogP contribution >= 0.6 is 0 Å². The van der Waals surface area contributed by atoms with Crippen LogP contribution in [0.3, 0.4) is 0 Å². The maximum absolute atomic E-state index is 14.1. The molecule has 1 heterocycles. The Kier molecular flexibility index (Phi) is 4.80. The number of hydrogen-bond acceptors (Lipinski definition) is 4. The number of anilines is 1. The minimum atomic E-state index is -0.927. The molecule has 4 fully saturated rings. The van der Waals surface area contributed by atoms with Gasteiger partial charge in [0.05, 0.1) is 17.5 Å². The van der Waals surface area contributed by atoms with Crippen molar-refractivity contribution >= 4 is 23.5 Å². The van der Waals surface area contributed by atoms with Crippen molar-refractivity contribution in [3.05, 3.63) is 42.0 Å². The van der Waals surface area contributed by atoms with E-state index in [2.05, 4.69) is 26.8 Å². The predicted octanol–water partition coefficient (Wildman–Crippen LogP) is 4.37. The van der Waals surface area contributed by atoms with Crippen molar-refractivity contribution in [3.63, 3.8) is 0 Å². The molecule has 0 unspecified atom stereocenters. The van der Waals surface area contributed by atoms with Gasteiger partial charge < -0.3 is 9.90 Å². The normalized spacial score (nSPS) is 44.1. The van der Waals surface area contributed by atoms with Crippen molar-refractivity contribution in [1.82, 2.24) is 0 Å². The van der Waals surface area contributed by atoms with E-state index in [0.29, 0.717) is 18.0 Å². The Balaban J connectivity index is 1.50. The number of aliphatic carboxylic acids is 1. The van der Waals surface area contributed by atoms with Gasteiger partial charge in [-0.3, -0.25) is 14.5 Å². The van der Waals surface area contributed by atoms with Crippen molar-refractivity contribution in [2.75, 3.05) is 4.90 Å². The molecule has 8 atom stereocenters. The lowest BCUT2D eigenvalue weighted by molar-refractivity contribution is -0.328. The van der Waals surface area contributed by atoms with E-state index >= 15 is 0 Å². The second kappa shape index (κ2) is 7.30. The number of allylic oxidation sites excluding steroid dienone is 2. The standard InChI is InChI=1S/C30H37NO4/c1-17(2)20-16-30-14-11-21-28(3,12-8-13-29(21,4)27(34)35)22(30)15-19(20)23-24(30)26(33)31(25(23)32)18-9-6-5-7-10-18/h5-7,9-10,16-17,19,21-24H,8,11-15H2,1-4H3,(H,34,35)/p-1/t19-,21-,22-,23+,24+,28-,29+,30-/m0/s1. The van der Waals surface area contributed by atoms with E-state index in [-0.39, 0.29) is 52.2 Å². The minimum Gasteiger partial charge on any atom is -0.550 e. The molecule has 0 N–H and O–H groups in total. The highest BCUT2D eigenvalue weighted by Gasteiger charge is 2.72. The Bertz CT molecular complexity index is 1140. The molecule has 5 heteroatoms. The first-order valence-electron chi connectivity index (χ1n) is 13.4. The second-order valence-electron chi connectivity index (χ2n) is 12.8. The third-order valence-electron chi connectivity index (χ3n) is 11.2. The van der Waals surface area contributed by atoms with Gasteiger partial charge in [0.2, 0.25) is 11.8 Å². The monoisotopic (exact) mass is 474 g/mol. The Morgan fingerprint density at radius 1 is 1.03 bits per heavy atom. The molecule has 7 rings (SSSR count). The fourth-order valence-electron chi connectivity index (χ4n) is 9.78. The molecular weight excluding hydrogens is 438 g/mol. The molecule has 1 saturated heterocycles. The number of nitrogens with zero attached hydrogens (tertiary/aromatic N) is 1. The van der Waals surface area contributed by atoms with E-state index in [9.17, 15) is 19.5 Å². The van der Waals surface area contributed by atoms with Gasteiger partial charge in [-0.05, 0) is 73.3 Å². The topological polar surface area (TPSA) is 77.5 Å². The average Bonchev–Trinajstić information content (AvgIpc) is 3.11. The number of para-hydroxylation sites is 1. The predicted molar refractivity (Wildman–Crippen MR) is 131 cm³/mol. The van der Waals surface area contributed by atoms with Gasteiger partial charge in [0.1, 0.15) is 0 Å². The number of carboxylic acid groups (broad SMARTS) is 1. The third-order valence-corrected chi connectivity index (χ3v) is 11.2. The van der Waals surface area contributed by atoms with Crippen LogP contribution in [0.4, 0.5) is 5.69 Å². The molecule has 6 aliphatic rings. The summed E-state index contributed by atoms with van der Waals surface area (Å²) < 4.78 is 0. The number of amides is 2. The van der Waals surface area contributed by atoms with Gasteiger partial charge in [-0.2, -0.15) is 0 Å². The summed E-state index contributed by atoms with van der Waals surface area (Å²) in [6.45, 7) is 8.58. The maximum Gasteiger partial charge on any atom is 0.238 e. The molecule has 1 aliphatic heterocycles. The zero-order valence-corrected chi connectivity index (χ0v) is 21.3. The number of rotatable bonds is 3. The number of fused-ring (bicyclic) bond motifs is 1. The van der Waals surface area contributed by atoms with E-state index in [1.807, 2.05) is 37.3 Å². The fraction of sp³-hybridized carbons (Fsp3) is 0.633. The molecule has 2 amide bonds. The number of imide groups is 1. The molecule has 1 spiro atoms. The Morgan fingerprint density at radius 2 is 1.74 bits per heavy atom. The Morgan fingerprint density at radius 3 is 2.40 bits per heavy atom. The lowest BCUT2D eigenvalue weighted by Gasteiger charge is -2.69. The van der Waals surface area contributed by atoms with Crippen LogP contribution in [0.25, 0.3) is 0 Å². The van der Waals surface area contributed by atoms with Crippen LogP contribution in [-0.4, -0.2) is 17.8 Å². The summed E-state index contributed by atoms with van der Waals surface area (Å²) in [5.41, 5.74) is 0.597. The van der Waals surface area contributed by atoms with Crippen molar-refractivity contribution in [3.8, 4) is 0 Å². The molecular formula is C30H36NO4-. The molecule has 5 nitrogen and oxygen atoms in total. The number of benzene rings is 1. The van der Waals surface area contributed by atoms with Crippen molar-refractivity contribution < 1.29 is 19.5 Å². The van der Waals surface area contributed by atoms with Gasteiger partial charge in [0.15, 0.2) is 0 Å². The van der Waals surface area contributed by atoms with Gasteiger partial charge in [0, 0.05) is 16.8 Å². The Hall–Kier alpha value is -2.43. The third kappa shape index (κ3) is 2.73. The number of carboxylic acids is 1. The average molecular weight is 475 g/mol. The molecule has 186 valence electrons. The minimum absolute atomic E-state index is 0.0375. The summed E-state index contributed by atoms with van der Waals surface area (Å²) in [5.74, 6) is -1.08. The van der Waals surface area contributed by atoms with Gasteiger partial charge in [-0.1, -0.05) is 64.0 Å². The zero-order chi connectivity index (χ0) is 24.9. The van der Waals surface area contributed by atoms with Gasteiger partial charge >= 0.3 is 0 Å². The quantitative estimate of drug-likeness (QED) is 0.482. The lowest BCUT2D eigenvalue weighted by Crippen LogP contribution is -2.66. The molecule has 1 aromatic rings. The van der Waals surface area contributed by atoms with E-state index in [0.717, 1.165) is 32.1 Å². The summed E-state index contributed by atoms with van der Waals surface area (Å²) in [4.78, 5) is 41.9. The Labute approximate surface area is 208 Å². The summed E-state index contributed by atoms with van der Waals surface area (Å²) in [5, 5.41) is 12.4.